The van der Waals surface area contributed by atoms with E-state index in [4.69, 9.17) is 5.10 Å². The third kappa shape index (κ3) is 4.85. The Labute approximate surface area is 205 Å². The average molecular weight is 478 g/mol. The first-order valence-corrected chi connectivity index (χ1v) is 12.4. The summed E-state index contributed by atoms with van der Waals surface area (Å²) in [4.78, 5) is 28.0. The Morgan fingerprint density at radius 1 is 0.943 bits per heavy atom. The standard InChI is InChI=1S/C26H32FN7O/c1-19-21(20(2)34(30-19)25-17-24(28-18-29-25)32-11-5-6-12-32)9-10-26(35)33-15-13-31(14-16-33)23-8-4-3-7-22(23)27/h3-4,7-8,17-18H,5-6,9-16H2,1-2H3. The summed E-state index contributed by atoms with van der Waals surface area (Å²) in [7, 11) is 0. The van der Waals surface area contributed by atoms with Crippen LogP contribution >= 0.6 is 0 Å². The summed E-state index contributed by atoms with van der Waals surface area (Å²) < 4.78 is 16.0. The van der Waals surface area contributed by atoms with Crippen LogP contribution in [0.15, 0.2) is 36.7 Å². The summed E-state index contributed by atoms with van der Waals surface area (Å²) in [6, 6.07) is 8.81. The lowest BCUT2D eigenvalue weighted by atomic mass is 10.1. The average Bonchev–Trinajstić information content (AvgIpc) is 3.52. The number of amides is 1. The van der Waals surface area contributed by atoms with Gasteiger partial charge in [0, 0.05) is 57.4 Å². The Bertz CT molecular complexity index is 1200. The Balaban J connectivity index is 1.21. The summed E-state index contributed by atoms with van der Waals surface area (Å²) in [5, 5.41) is 4.73. The van der Waals surface area contributed by atoms with Gasteiger partial charge in [-0.05, 0) is 50.8 Å². The van der Waals surface area contributed by atoms with Gasteiger partial charge in [-0.1, -0.05) is 12.1 Å². The zero-order valence-corrected chi connectivity index (χ0v) is 20.5. The molecule has 2 aromatic heterocycles. The summed E-state index contributed by atoms with van der Waals surface area (Å²) in [5.74, 6) is 1.60. The molecule has 2 aliphatic rings. The van der Waals surface area contributed by atoms with E-state index in [-0.39, 0.29) is 11.7 Å². The van der Waals surface area contributed by atoms with E-state index in [0.29, 0.717) is 44.7 Å². The summed E-state index contributed by atoms with van der Waals surface area (Å²) in [5.41, 5.74) is 3.62. The lowest BCUT2D eigenvalue weighted by Crippen LogP contribution is -2.49. The van der Waals surface area contributed by atoms with Gasteiger partial charge in [0.25, 0.3) is 0 Å². The molecule has 5 rings (SSSR count). The van der Waals surface area contributed by atoms with Gasteiger partial charge in [-0.25, -0.2) is 19.0 Å². The van der Waals surface area contributed by atoms with E-state index in [0.717, 1.165) is 41.7 Å². The largest absolute Gasteiger partial charge is 0.366 e. The molecule has 3 aromatic rings. The molecule has 0 bridgehead atoms. The van der Waals surface area contributed by atoms with Gasteiger partial charge in [0.1, 0.15) is 18.0 Å². The van der Waals surface area contributed by atoms with Crippen LogP contribution < -0.4 is 9.80 Å². The lowest BCUT2D eigenvalue weighted by Gasteiger charge is -2.36. The molecule has 2 aliphatic heterocycles. The van der Waals surface area contributed by atoms with Crippen LogP contribution in [0.1, 0.15) is 36.2 Å². The van der Waals surface area contributed by atoms with Gasteiger partial charge < -0.3 is 14.7 Å². The number of carbonyl (C=O) groups is 1. The highest BCUT2D eigenvalue weighted by Gasteiger charge is 2.24. The molecule has 184 valence electrons. The Morgan fingerprint density at radius 3 is 2.40 bits per heavy atom. The fourth-order valence-electron chi connectivity index (χ4n) is 5.13. The SMILES string of the molecule is Cc1nn(-c2cc(N3CCCC3)ncn2)c(C)c1CCC(=O)N1CCN(c2ccccc2F)CC1. The molecule has 1 amide bonds. The van der Waals surface area contributed by atoms with E-state index in [1.165, 1.54) is 18.9 Å². The maximum atomic E-state index is 14.1. The predicted molar refractivity (Wildman–Crippen MR) is 134 cm³/mol. The minimum atomic E-state index is -0.216. The number of hydrogen-bond donors (Lipinski definition) is 0. The van der Waals surface area contributed by atoms with Gasteiger partial charge >= 0.3 is 0 Å². The molecule has 4 heterocycles. The maximum Gasteiger partial charge on any atom is 0.223 e. The molecule has 0 atom stereocenters. The molecule has 1 aromatic carbocycles. The minimum Gasteiger partial charge on any atom is -0.366 e. The fraction of sp³-hybridized carbons (Fsp3) is 0.462. The Hall–Kier alpha value is -3.49. The normalized spacial score (nSPS) is 16.3. The predicted octanol–water partition coefficient (Wildman–Crippen LogP) is 3.30. The number of carbonyl (C=O) groups excluding carboxylic acids is 1. The van der Waals surface area contributed by atoms with E-state index in [1.807, 2.05) is 40.5 Å². The Kier molecular flexibility index (Phi) is 6.66. The first-order chi connectivity index (χ1) is 17.0. The molecular formula is C26H32FN7O. The third-order valence-corrected chi connectivity index (χ3v) is 7.14. The highest BCUT2D eigenvalue weighted by atomic mass is 19.1. The van der Waals surface area contributed by atoms with E-state index in [1.54, 1.807) is 18.5 Å². The van der Waals surface area contributed by atoms with Crippen LogP contribution in [0.5, 0.6) is 0 Å². The van der Waals surface area contributed by atoms with Gasteiger partial charge in [-0.2, -0.15) is 5.10 Å². The summed E-state index contributed by atoms with van der Waals surface area (Å²) in [6.45, 7) is 8.54. The first kappa shape index (κ1) is 23.3. The fourth-order valence-corrected chi connectivity index (χ4v) is 5.13. The van der Waals surface area contributed by atoms with Crippen molar-refractivity contribution in [1.29, 1.82) is 0 Å². The van der Waals surface area contributed by atoms with Crippen LogP contribution in [-0.2, 0) is 11.2 Å². The number of rotatable bonds is 6. The zero-order chi connectivity index (χ0) is 24.4. The van der Waals surface area contributed by atoms with Crippen molar-refractivity contribution in [3.63, 3.8) is 0 Å². The van der Waals surface area contributed by atoms with Gasteiger partial charge in [-0.3, -0.25) is 4.79 Å². The van der Waals surface area contributed by atoms with Crippen LogP contribution in [0.3, 0.4) is 0 Å². The lowest BCUT2D eigenvalue weighted by molar-refractivity contribution is -0.131. The second-order valence-corrected chi connectivity index (χ2v) is 9.31. The molecule has 0 aliphatic carbocycles. The number of nitrogens with zero attached hydrogens (tertiary/aromatic N) is 7. The third-order valence-electron chi connectivity index (χ3n) is 7.14. The molecule has 9 heteroatoms. The number of para-hydroxylation sites is 1. The van der Waals surface area contributed by atoms with Crippen molar-refractivity contribution in [2.75, 3.05) is 49.1 Å². The number of aryl methyl sites for hydroxylation is 1. The van der Waals surface area contributed by atoms with Crippen molar-refractivity contribution in [1.82, 2.24) is 24.6 Å². The first-order valence-electron chi connectivity index (χ1n) is 12.4. The monoisotopic (exact) mass is 477 g/mol. The van der Waals surface area contributed by atoms with Gasteiger partial charge in [0.05, 0.1) is 11.4 Å². The van der Waals surface area contributed by atoms with Gasteiger partial charge in [-0.15, -0.1) is 0 Å². The maximum absolute atomic E-state index is 14.1. The molecular weight excluding hydrogens is 445 g/mol. The van der Waals surface area contributed by atoms with Crippen molar-refractivity contribution in [3.05, 3.63) is 59.4 Å². The second kappa shape index (κ2) is 10.0. The topological polar surface area (TPSA) is 70.4 Å². The number of halogens is 1. The van der Waals surface area contributed by atoms with Crippen LogP contribution in [0.4, 0.5) is 15.9 Å². The molecule has 0 saturated carbocycles. The van der Waals surface area contributed by atoms with Crippen molar-refractivity contribution in [2.24, 2.45) is 0 Å². The van der Waals surface area contributed by atoms with Gasteiger partial charge in [0.15, 0.2) is 5.82 Å². The van der Waals surface area contributed by atoms with Crippen molar-refractivity contribution < 1.29 is 9.18 Å². The van der Waals surface area contributed by atoms with Gasteiger partial charge in [0.2, 0.25) is 5.91 Å². The van der Waals surface area contributed by atoms with Crippen LogP contribution in [-0.4, -0.2) is 69.8 Å². The molecule has 2 saturated heterocycles. The Morgan fingerprint density at radius 2 is 1.66 bits per heavy atom. The molecule has 0 radical (unpaired) electrons. The number of hydrogen-bond acceptors (Lipinski definition) is 6. The highest BCUT2D eigenvalue weighted by Crippen LogP contribution is 2.23. The number of benzene rings is 1. The molecule has 0 N–H and O–H groups in total. The zero-order valence-electron chi connectivity index (χ0n) is 20.5. The van der Waals surface area contributed by atoms with E-state index < -0.39 is 0 Å². The smallest absolute Gasteiger partial charge is 0.223 e. The quantitative estimate of drug-likeness (QED) is 0.543. The molecule has 8 nitrogen and oxygen atoms in total. The van der Waals surface area contributed by atoms with Crippen molar-refractivity contribution in [2.45, 2.75) is 39.5 Å². The molecule has 2 fully saturated rings. The second-order valence-electron chi connectivity index (χ2n) is 9.31. The van der Waals surface area contributed by atoms with Crippen LogP contribution in [0.2, 0.25) is 0 Å². The number of aromatic nitrogens is 4. The van der Waals surface area contributed by atoms with Crippen LogP contribution in [0.25, 0.3) is 5.82 Å². The highest BCUT2D eigenvalue weighted by molar-refractivity contribution is 5.77. The molecule has 35 heavy (non-hydrogen) atoms. The minimum absolute atomic E-state index is 0.128. The van der Waals surface area contributed by atoms with E-state index >= 15 is 0 Å². The number of piperazine rings is 1. The summed E-state index contributed by atoms with van der Waals surface area (Å²) in [6.07, 6.45) is 5.04. The van der Waals surface area contributed by atoms with Crippen molar-refractivity contribution >= 4 is 17.4 Å². The van der Waals surface area contributed by atoms with E-state index in [9.17, 15) is 9.18 Å². The number of anilines is 2. The van der Waals surface area contributed by atoms with Crippen LogP contribution in [0, 0.1) is 19.7 Å². The summed E-state index contributed by atoms with van der Waals surface area (Å²) >= 11 is 0. The van der Waals surface area contributed by atoms with Crippen molar-refractivity contribution in [3.8, 4) is 5.82 Å². The molecule has 0 unspecified atom stereocenters. The van der Waals surface area contributed by atoms with E-state index in [2.05, 4.69) is 14.9 Å². The molecule has 0 spiro atoms.